The number of pyridine rings is 1. The molecule has 0 saturated carbocycles. The van der Waals surface area contributed by atoms with Crippen LogP contribution in [0.2, 0.25) is 0 Å². The molecule has 15 heteroatoms. The summed E-state index contributed by atoms with van der Waals surface area (Å²) in [6.07, 6.45) is -1.38. The van der Waals surface area contributed by atoms with Gasteiger partial charge in [-0.3, -0.25) is 9.80 Å². The van der Waals surface area contributed by atoms with E-state index in [4.69, 9.17) is 0 Å². The zero-order valence-electron chi connectivity index (χ0n) is 24.8. The molecule has 1 N–H and O–H groups in total. The van der Waals surface area contributed by atoms with Gasteiger partial charge in [0.2, 0.25) is 0 Å². The van der Waals surface area contributed by atoms with Gasteiger partial charge >= 0.3 is 35.7 Å². The van der Waals surface area contributed by atoms with Crippen LogP contribution >= 0.6 is 11.3 Å². The Bertz CT molecular complexity index is 1470. The summed E-state index contributed by atoms with van der Waals surface area (Å²) < 4.78 is 70.6. The van der Waals surface area contributed by atoms with E-state index in [0.29, 0.717) is 49.4 Å². The number of benzene rings is 1. The quantitative estimate of drug-likeness (QED) is 0.279. The van der Waals surface area contributed by atoms with E-state index in [1.165, 1.54) is 17.5 Å². The van der Waals surface area contributed by atoms with Gasteiger partial charge < -0.3 is 20.1 Å². The van der Waals surface area contributed by atoms with E-state index in [1.54, 1.807) is 6.07 Å². The van der Waals surface area contributed by atoms with Crippen LogP contribution in [0.1, 0.15) is 43.6 Å². The van der Waals surface area contributed by atoms with Gasteiger partial charge in [0.1, 0.15) is 5.82 Å². The van der Waals surface area contributed by atoms with Crippen LogP contribution in [-0.2, 0) is 17.5 Å². The normalized spacial score (nSPS) is 19.7. The van der Waals surface area contributed by atoms with Crippen LogP contribution < -0.4 is 44.9 Å². The first kappa shape index (κ1) is 34.5. The Morgan fingerprint density at radius 3 is 2.55 bits per heavy atom. The van der Waals surface area contributed by atoms with Crippen molar-refractivity contribution >= 4 is 33.9 Å². The summed E-state index contributed by atoms with van der Waals surface area (Å²) in [5.74, 6) is -2.86. The number of carboxylic acids is 1. The maximum atomic E-state index is 15.8. The largest absolute Gasteiger partial charge is 1.00 e. The van der Waals surface area contributed by atoms with Crippen molar-refractivity contribution in [3.8, 4) is 11.3 Å². The number of piperazine rings is 1. The fourth-order valence-electron chi connectivity index (χ4n) is 5.69. The van der Waals surface area contributed by atoms with Gasteiger partial charge in [-0.2, -0.15) is 13.2 Å². The third-order valence-corrected chi connectivity index (χ3v) is 8.99. The minimum absolute atomic E-state index is 0. The number of hydrogen-bond donors (Lipinski definition) is 1. The molecular formula is C29H32F5N6NaO2S. The summed E-state index contributed by atoms with van der Waals surface area (Å²) in [5.41, 5.74) is -0.604. The summed E-state index contributed by atoms with van der Waals surface area (Å²) >= 11 is 1.17. The molecule has 0 bridgehead atoms. The van der Waals surface area contributed by atoms with E-state index in [2.05, 4.69) is 27.1 Å². The first-order chi connectivity index (χ1) is 20.4. The molecule has 8 nitrogen and oxygen atoms in total. The number of hydrogen-bond acceptors (Lipinski definition) is 9. The van der Waals surface area contributed by atoms with E-state index >= 15 is 4.39 Å². The van der Waals surface area contributed by atoms with Crippen molar-refractivity contribution < 1.29 is 61.4 Å². The predicted octanol–water partition coefficient (Wildman–Crippen LogP) is 1.88. The molecule has 4 heterocycles. The van der Waals surface area contributed by atoms with E-state index in [0.717, 1.165) is 31.5 Å². The topological polar surface area (TPSA) is 87.7 Å². The van der Waals surface area contributed by atoms with Crippen LogP contribution in [0.5, 0.6) is 0 Å². The number of likely N-dealkylation sites (tertiary alicyclic amines) is 1. The molecule has 2 saturated heterocycles. The predicted molar refractivity (Wildman–Crippen MR) is 152 cm³/mol. The molecule has 5 rings (SSSR count). The zero-order valence-corrected chi connectivity index (χ0v) is 27.6. The van der Waals surface area contributed by atoms with Crippen molar-refractivity contribution in [1.29, 1.82) is 0 Å². The average Bonchev–Trinajstić information content (AvgIpc) is 3.53. The minimum atomic E-state index is -4.73. The number of nitrogens with one attached hydrogen (secondary N) is 1. The van der Waals surface area contributed by atoms with Gasteiger partial charge in [0, 0.05) is 67.4 Å². The number of thiazole rings is 1. The van der Waals surface area contributed by atoms with Crippen LogP contribution in [0.4, 0.5) is 38.6 Å². The zero-order chi connectivity index (χ0) is 30.9. The maximum Gasteiger partial charge on any atom is 1.00 e. The molecule has 2 atom stereocenters. The van der Waals surface area contributed by atoms with Gasteiger partial charge in [0.25, 0.3) is 0 Å². The summed E-state index contributed by atoms with van der Waals surface area (Å²) in [6.45, 7) is 7.07. The van der Waals surface area contributed by atoms with Crippen LogP contribution in [0, 0.1) is 11.6 Å². The van der Waals surface area contributed by atoms with Gasteiger partial charge in [-0.1, -0.05) is 11.3 Å². The fraction of sp³-hybridized carbons (Fsp3) is 0.483. The maximum absolute atomic E-state index is 15.8. The average molecular weight is 647 g/mol. The molecule has 2 aliphatic rings. The molecule has 2 aromatic heterocycles. The molecule has 44 heavy (non-hydrogen) atoms. The van der Waals surface area contributed by atoms with Gasteiger partial charge in [-0.15, -0.1) is 0 Å². The second-order valence-corrected chi connectivity index (χ2v) is 12.1. The number of nitrogens with zero attached hydrogens (tertiary/aromatic N) is 5. The number of anilines is 3. The third-order valence-electron chi connectivity index (χ3n) is 8.04. The minimum Gasteiger partial charge on any atom is -0.550 e. The van der Waals surface area contributed by atoms with Gasteiger partial charge in [-0.05, 0) is 63.9 Å². The van der Waals surface area contributed by atoms with Crippen molar-refractivity contribution in [2.45, 2.75) is 57.9 Å². The standard InChI is InChI=1S/C29H33F5N6O2S.Na/c1-17-4-3-8-39(17)16-23-26(19-12-20(29(32,33)34)14-21(30)13-19)36-28(43-23)37-27-25(31)22(5-7-35-27)40-11-10-38(18(2)15-40)9-6-24(41)42;/h5,7,12-14,17-18H,3-4,6,8-11,15-16H2,1-2H3,(H,41,42)(H,35,36,37);/q;+1/p-1/t17-,18+;/m1./s1. The Labute approximate surface area is 278 Å². The Balaban J connectivity index is 0.00000442. The molecule has 0 radical (unpaired) electrons. The third kappa shape index (κ3) is 8.07. The molecule has 1 aromatic carbocycles. The van der Waals surface area contributed by atoms with E-state index in [-0.39, 0.29) is 70.3 Å². The SMILES string of the molecule is C[C@@H]1CCCN1Cc1sc(Nc2nccc(N3CCN(CCC(=O)[O-])[C@@H](C)C3)c2F)nc1-c1cc(F)cc(C(F)(F)F)c1.[Na+]. The number of carbonyl (C=O) groups excluding carboxylic acids is 1. The molecule has 2 aliphatic heterocycles. The molecule has 3 aromatic rings. The van der Waals surface area contributed by atoms with Crippen molar-refractivity contribution in [2.24, 2.45) is 0 Å². The Morgan fingerprint density at radius 1 is 1.11 bits per heavy atom. The summed E-state index contributed by atoms with van der Waals surface area (Å²) in [7, 11) is 0. The number of halogens is 5. The van der Waals surface area contributed by atoms with E-state index < -0.39 is 29.3 Å². The van der Waals surface area contributed by atoms with Crippen molar-refractivity contribution in [3.05, 3.63) is 52.5 Å². The summed E-state index contributed by atoms with van der Waals surface area (Å²) in [4.78, 5) is 26.2. The van der Waals surface area contributed by atoms with E-state index in [9.17, 15) is 27.5 Å². The van der Waals surface area contributed by atoms with Crippen LogP contribution in [0.25, 0.3) is 11.3 Å². The van der Waals surface area contributed by atoms with Crippen molar-refractivity contribution in [1.82, 2.24) is 19.8 Å². The molecule has 0 amide bonds. The smallest absolute Gasteiger partial charge is 0.550 e. The molecule has 2 fully saturated rings. The number of carboxylic acid groups (broad SMARTS) is 1. The van der Waals surface area contributed by atoms with Crippen LogP contribution in [0.3, 0.4) is 0 Å². The number of rotatable bonds is 9. The first-order valence-corrected chi connectivity index (χ1v) is 14.9. The number of aliphatic carboxylic acids is 1. The summed E-state index contributed by atoms with van der Waals surface area (Å²) in [5, 5.41) is 14.0. The Hall–Kier alpha value is -2.36. The molecule has 232 valence electrons. The van der Waals surface area contributed by atoms with Gasteiger partial charge in [0.15, 0.2) is 16.8 Å². The molecule has 0 aliphatic carbocycles. The number of aromatic nitrogens is 2. The molecule has 0 spiro atoms. The Kier molecular flexibility index (Phi) is 11.3. The van der Waals surface area contributed by atoms with Crippen LogP contribution in [-0.4, -0.2) is 70.5 Å². The first-order valence-electron chi connectivity index (χ1n) is 14.1. The van der Waals surface area contributed by atoms with Crippen molar-refractivity contribution in [3.63, 3.8) is 0 Å². The van der Waals surface area contributed by atoms with Crippen molar-refractivity contribution in [2.75, 3.05) is 42.9 Å². The number of carbonyl (C=O) groups is 1. The second-order valence-electron chi connectivity index (χ2n) is 11.0. The second kappa shape index (κ2) is 14.4. The molecular weight excluding hydrogens is 614 g/mol. The molecule has 0 unspecified atom stereocenters. The van der Waals surface area contributed by atoms with E-state index in [1.807, 2.05) is 16.7 Å². The van der Waals surface area contributed by atoms with Gasteiger partial charge in [-0.25, -0.2) is 18.7 Å². The van der Waals surface area contributed by atoms with Gasteiger partial charge in [0.05, 0.1) is 16.9 Å². The monoisotopic (exact) mass is 646 g/mol. The Morgan fingerprint density at radius 2 is 1.89 bits per heavy atom. The van der Waals surface area contributed by atoms with Crippen LogP contribution in [0.15, 0.2) is 30.5 Å². The summed E-state index contributed by atoms with van der Waals surface area (Å²) in [6, 6.07) is 4.16. The fourth-order valence-corrected chi connectivity index (χ4v) is 6.70. The number of alkyl halides is 3.